The van der Waals surface area contributed by atoms with Crippen LogP contribution in [-0.2, 0) is 4.79 Å². The van der Waals surface area contributed by atoms with Crippen molar-refractivity contribution in [2.75, 3.05) is 18.1 Å². The molecule has 2 unspecified atom stereocenters. The minimum absolute atomic E-state index is 0.0106. The van der Waals surface area contributed by atoms with E-state index in [1.807, 2.05) is 43.0 Å². The minimum atomic E-state index is -0.0106. The molecule has 23 heavy (non-hydrogen) atoms. The lowest BCUT2D eigenvalue weighted by Gasteiger charge is -2.23. The highest BCUT2D eigenvalue weighted by Gasteiger charge is 2.18. The third-order valence-electron chi connectivity index (χ3n) is 3.88. The van der Waals surface area contributed by atoms with Crippen molar-refractivity contribution in [2.45, 2.75) is 25.4 Å². The van der Waals surface area contributed by atoms with E-state index in [0.29, 0.717) is 6.42 Å². The molecule has 0 aliphatic carbocycles. The number of aromatic nitrogens is 3. The Morgan fingerprint density at radius 1 is 1.48 bits per heavy atom. The van der Waals surface area contributed by atoms with E-state index in [1.54, 1.807) is 11.0 Å². The molecule has 1 aliphatic rings. The van der Waals surface area contributed by atoms with Crippen molar-refractivity contribution < 1.29 is 4.79 Å². The summed E-state index contributed by atoms with van der Waals surface area (Å²) in [6, 6.07) is 8.25. The smallest absolute Gasteiger partial charge is 0.222 e. The summed E-state index contributed by atoms with van der Waals surface area (Å²) >= 11 is 1.90. The molecule has 3 rings (SSSR count). The van der Waals surface area contributed by atoms with E-state index < -0.39 is 0 Å². The highest BCUT2D eigenvalue weighted by molar-refractivity contribution is 7.99. The number of carbonyl (C=O) groups is 1. The van der Waals surface area contributed by atoms with E-state index in [2.05, 4.69) is 20.7 Å². The average Bonchev–Trinajstić information content (AvgIpc) is 3.10. The van der Waals surface area contributed by atoms with Crippen LogP contribution in [0.4, 0.5) is 0 Å². The Kier molecular flexibility index (Phi) is 5.30. The first-order chi connectivity index (χ1) is 11.2. The number of benzene rings is 1. The first kappa shape index (κ1) is 16.0. The van der Waals surface area contributed by atoms with Crippen LogP contribution in [-0.4, -0.2) is 44.8 Å². The predicted octanol–water partition coefficient (Wildman–Crippen LogP) is 1.54. The van der Waals surface area contributed by atoms with Gasteiger partial charge in [0.1, 0.15) is 12.7 Å². The molecule has 0 radical (unpaired) electrons. The molecule has 122 valence electrons. The maximum atomic E-state index is 12.2. The molecule has 1 aliphatic heterocycles. The fourth-order valence-electron chi connectivity index (χ4n) is 2.62. The van der Waals surface area contributed by atoms with E-state index in [-0.39, 0.29) is 18.0 Å². The van der Waals surface area contributed by atoms with Crippen LogP contribution >= 0.6 is 11.8 Å². The fraction of sp³-hybridized carbons (Fsp3) is 0.438. The predicted molar refractivity (Wildman–Crippen MR) is 91.6 cm³/mol. The number of nitrogens with zero attached hydrogens (tertiary/aromatic N) is 3. The quantitative estimate of drug-likeness (QED) is 0.869. The van der Waals surface area contributed by atoms with Gasteiger partial charge in [-0.2, -0.15) is 16.9 Å². The van der Waals surface area contributed by atoms with Crippen LogP contribution in [0.2, 0.25) is 0 Å². The molecule has 0 saturated carbocycles. The number of hydrogen-bond donors (Lipinski definition) is 2. The van der Waals surface area contributed by atoms with Crippen LogP contribution in [0.1, 0.15) is 24.9 Å². The van der Waals surface area contributed by atoms with E-state index in [1.165, 1.54) is 6.33 Å². The van der Waals surface area contributed by atoms with Gasteiger partial charge in [-0.1, -0.05) is 12.1 Å². The van der Waals surface area contributed by atoms with Crippen LogP contribution in [0.15, 0.2) is 36.9 Å². The molecule has 1 saturated heterocycles. The molecule has 6 nitrogen and oxygen atoms in total. The summed E-state index contributed by atoms with van der Waals surface area (Å²) < 4.78 is 1.71. The molecule has 1 fully saturated rings. The highest BCUT2D eigenvalue weighted by Crippen LogP contribution is 2.16. The number of hydrogen-bond acceptors (Lipinski definition) is 5. The standard InChI is InChI=1S/C16H21N5OS/c1-12(20-16(22)8-14-9-23-7-6-18-14)13-2-4-15(5-3-13)21-11-17-10-19-21/h2-5,10-12,14,18H,6-9H2,1H3,(H,20,22). The van der Waals surface area contributed by atoms with E-state index in [0.717, 1.165) is 29.3 Å². The van der Waals surface area contributed by atoms with Crippen molar-refractivity contribution in [2.24, 2.45) is 0 Å². The van der Waals surface area contributed by atoms with E-state index in [4.69, 9.17) is 0 Å². The summed E-state index contributed by atoms with van der Waals surface area (Å²) in [5, 5.41) is 10.6. The van der Waals surface area contributed by atoms with Crippen LogP contribution in [0, 0.1) is 0 Å². The van der Waals surface area contributed by atoms with Crippen LogP contribution < -0.4 is 10.6 Å². The van der Waals surface area contributed by atoms with E-state index in [9.17, 15) is 4.79 Å². The van der Waals surface area contributed by atoms with Gasteiger partial charge in [-0.25, -0.2) is 9.67 Å². The van der Waals surface area contributed by atoms with Gasteiger partial charge < -0.3 is 10.6 Å². The summed E-state index contributed by atoms with van der Waals surface area (Å²) in [5.41, 5.74) is 2.03. The molecule has 2 heterocycles. The molecule has 1 amide bonds. The lowest BCUT2D eigenvalue weighted by Crippen LogP contribution is -2.41. The largest absolute Gasteiger partial charge is 0.350 e. The van der Waals surface area contributed by atoms with Gasteiger partial charge in [0.15, 0.2) is 0 Å². The first-order valence-corrected chi connectivity index (χ1v) is 8.93. The summed E-state index contributed by atoms with van der Waals surface area (Å²) in [6.07, 6.45) is 3.71. The molecule has 0 spiro atoms. The molecule has 2 N–H and O–H groups in total. The van der Waals surface area contributed by atoms with Gasteiger partial charge in [0.25, 0.3) is 0 Å². The van der Waals surface area contributed by atoms with Crippen molar-refractivity contribution in [3.8, 4) is 5.69 Å². The normalized spacial score (nSPS) is 19.3. The molecule has 2 atom stereocenters. The SMILES string of the molecule is CC(NC(=O)CC1CSCCN1)c1ccc(-n2cncn2)cc1. The Morgan fingerprint density at radius 3 is 2.96 bits per heavy atom. The lowest BCUT2D eigenvalue weighted by molar-refractivity contribution is -0.122. The Labute approximate surface area is 140 Å². The molecular formula is C16H21N5OS. The monoisotopic (exact) mass is 331 g/mol. The zero-order valence-corrected chi connectivity index (χ0v) is 13.9. The highest BCUT2D eigenvalue weighted by atomic mass is 32.2. The van der Waals surface area contributed by atoms with Gasteiger partial charge in [0, 0.05) is 30.5 Å². The van der Waals surface area contributed by atoms with Crippen molar-refractivity contribution in [1.82, 2.24) is 25.4 Å². The molecule has 0 bridgehead atoms. The number of thioether (sulfide) groups is 1. The topological polar surface area (TPSA) is 71.8 Å². The molecule has 2 aromatic rings. The number of carbonyl (C=O) groups excluding carboxylic acids is 1. The fourth-order valence-corrected chi connectivity index (χ4v) is 3.56. The summed E-state index contributed by atoms with van der Waals surface area (Å²) in [7, 11) is 0. The minimum Gasteiger partial charge on any atom is -0.350 e. The van der Waals surface area contributed by atoms with Crippen LogP contribution in [0.3, 0.4) is 0 Å². The van der Waals surface area contributed by atoms with Crippen LogP contribution in [0.5, 0.6) is 0 Å². The first-order valence-electron chi connectivity index (χ1n) is 7.78. The summed E-state index contributed by atoms with van der Waals surface area (Å²) in [5.74, 6) is 2.24. The molecule has 1 aromatic heterocycles. The Morgan fingerprint density at radius 2 is 2.30 bits per heavy atom. The van der Waals surface area contributed by atoms with Crippen LogP contribution in [0.25, 0.3) is 5.69 Å². The van der Waals surface area contributed by atoms with Crippen molar-refractivity contribution in [3.63, 3.8) is 0 Å². The Hall–Kier alpha value is -1.86. The van der Waals surface area contributed by atoms with Gasteiger partial charge in [-0.05, 0) is 24.6 Å². The van der Waals surface area contributed by atoms with Gasteiger partial charge in [-0.15, -0.1) is 0 Å². The lowest BCUT2D eigenvalue weighted by atomic mass is 10.1. The van der Waals surface area contributed by atoms with Crippen molar-refractivity contribution in [1.29, 1.82) is 0 Å². The van der Waals surface area contributed by atoms with Gasteiger partial charge >= 0.3 is 0 Å². The summed E-state index contributed by atoms with van der Waals surface area (Å²) in [4.78, 5) is 16.1. The summed E-state index contributed by atoms with van der Waals surface area (Å²) in [6.45, 7) is 2.99. The Balaban J connectivity index is 1.55. The van der Waals surface area contributed by atoms with E-state index >= 15 is 0 Å². The number of nitrogens with one attached hydrogen (secondary N) is 2. The third kappa shape index (κ3) is 4.33. The zero-order valence-electron chi connectivity index (χ0n) is 13.1. The Bertz CT molecular complexity index is 622. The second-order valence-corrected chi connectivity index (χ2v) is 6.80. The van der Waals surface area contributed by atoms with Crippen molar-refractivity contribution >= 4 is 17.7 Å². The maximum absolute atomic E-state index is 12.2. The van der Waals surface area contributed by atoms with Crippen molar-refractivity contribution in [3.05, 3.63) is 42.5 Å². The molecular weight excluding hydrogens is 310 g/mol. The number of amides is 1. The van der Waals surface area contributed by atoms with Gasteiger partial charge in [0.05, 0.1) is 11.7 Å². The second kappa shape index (κ2) is 7.61. The third-order valence-corrected chi connectivity index (χ3v) is 5.01. The molecule has 7 heteroatoms. The van der Waals surface area contributed by atoms with Gasteiger partial charge in [0.2, 0.25) is 5.91 Å². The second-order valence-electron chi connectivity index (χ2n) is 5.65. The zero-order chi connectivity index (χ0) is 16.1. The maximum Gasteiger partial charge on any atom is 0.222 e. The average molecular weight is 331 g/mol. The van der Waals surface area contributed by atoms with Gasteiger partial charge in [-0.3, -0.25) is 4.79 Å². The number of rotatable bonds is 5. The molecule has 1 aromatic carbocycles.